The average molecular weight is 364 g/mol. The number of benzene rings is 1. The molecular weight excluding hydrogens is 340 g/mol. The van der Waals surface area contributed by atoms with Crippen LogP contribution in [0.15, 0.2) is 41.6 Å². The van der Waals surface area contributed by atoms with Gasteiger partial charge >= 0.3 is 0 Å². The van der Waals surface area contributed by atoms with Crippen molar-refractivity contribution in [1.29, 1.82) is 0 Å². The number of hydrogen-bond donors (Lipinski definition) is 1. The third-order valence-corrected chi connectivity index (χ3v) is 5.70. The molecule has 2 aromatic rings. The summed E-state index contributed by atoms with van der Waals surface area (Å²) in [5.74, 6) is -0.0781. The molecule has 1 aromatic heterocycles. The molecule has 25 heavy (non-hydrogen) atoms. The molecule has 0 saturated carbocycles. The van der Waals surface area contributed by atoms with E-state index in [9.17, 15) is 13.2 Å². The predicted octanol–water partition coefficient (Wildman–Crippen LogP) is 1.71. The van der Waals surface area contributed by atoms with Gasteiger partial charge in [0.2, 0.25) is 15.9 Å². The van der Waals surface area contributed by atoms with Crippen LogP contribution in [-0.2, 0) is 21.4 Å². The van der Waals surface area contributed by atoms with Crippen LogP contribution in [0.1, 0.15) is 30.5 Å². The van der Waals surface area contributed by atoms with Gasteiger partial charge in [0.15, 0.2) is 0 Å². The SMILES string of the molecule is Cc1cnn(CCC(=O)NC(C)c2ccc(S(=O)(=O)N(C)C)cc2)c1. The summed E-state index contributed by atoms with van der Waals surface area (Å²) in [5.41, 5.74) is 1.91. The first kappa shape index (κ1) is 19.1. The Bertz CT molecular complexity index is 826. The Kier molecular flexibility index (Phi) is 5.97. The fourth-order valence-electron chi connectivity index (χ4n) is 2.34. The van der Waals surface area contributed by atoms with Crippen LogP contribution in [0.4, 0.5) is 0 Å². The lowest BCUT2D eigenvalue weighted by molar-refractivity contribution is -0.122. The van der Waals surface area contributed by atoms with Crippen LogP contribution in [0.5, 0.6) is 0 Å². The maximum Gasteiger partial charge on any atom is 0.242 e. The molecule has 2 rings (SSSR count). The van der Waals surface area contributed by atoms with E-state index >= 15 is 0 Å². The fourth-order valence-corrected chi connectivity index (χ4v) is 3.24. The molecule has 0 aliphatic rings. The highest BCUT2D eigenvalue weighted by atomic mass is 32.2. The summed E-state index contributed by atoms with van der Waals surface area (Å²) in [5, 5.41) is 7.06. The first-order valence-corrected chi connectivity index (χ1v) is 9.45. The van der Waals surface area contributed by atoms with Crippen molar-refractivity contribution in [3.8, 4) is 0 Å². The molecule has 0 saturated heterocycles. The molecule has 7 nitrogen and oxygen atoms in total. The van der Waals surface area contributed by atoms with Crippen LogP contribution >= 0.6 is 0 Å². The number of carbonyl (C=O) groups is 1. The van der Waals surface area contributed by atoms with Gasteiger partial charge in [-0.25, -0.2) is 12.7 Å². The number of hydrogen-bond acceptors (Lipinski definition) is 4. The van der Waals surface area contributed by atoms with Gasteiger partial charge in [-0.1, -0.05) is 12.1 Å². The summed E-state index contributed by atoms with van der Waals surface area (Å²) in [6, 6.07) is 6.35. The molecule has 1 atom stereocenters. The molecule has 0 fully saturated rings. The summed E-state index contributed by atoms with van der Waals surface area (Å²) < 4.78 is 27.0. The van der Waals surface area contributed by atoms with Gasteiger partial charge in [-0.2, -0.15) is 5.10 Å². The minimum absolute atomic E-state index is 0.0781. The molecule has 8 heteroatoms. The largest absolute Gasteiger partial charge is 0.350 e. The summed E-state index contributed by atoms with van der Waals surface area (Å²) in [7, 11) is -0.457. The molecule has 0 bridgehead atoms. The quantitative estimate of drug-likeness (QED) is 0.811. The van der Waals surface area contributed by atoms with Crippen LogP contribution in [0.25, 0.3) is 0 Å². The molecule has 0 aliphatic heterocycles. The molecule has 136 valence electrons. The molecule has 1 heterocycles. The van der Waals surface area contributed by atoms with E-state index in [-0.39, 0.29) is 16.8 Å². The lowest BCUT2D eigenvalue weighted by atomic mass is 10.1. The maximum atomic E-state index is 12.1. The Hall–Kier alpha value is -2.19. The van der Waals surface area contributed by atoms with Gasteiger partial charge in [-0.05, 0) is 37.1 Å². The van der Waals surface area contributed by atoms with E-state index in [4.69, 9.17) is 0 Å². The minimum Gasteiger partial charge on any atom is -0.350 e. The first-order valence-electron chi connectivity index (χ1n) is 8.01. The minimum atomic E-state index is -3.44. The van der Waals surface area contributed by atoms with E-state index in [2.05, 4.69) is 10.4 Å². The Morgan fingerprint density at radius 3 is 2.44 bits per heavy atom. The summed E-state index contributed by atoms with van der Waals surface area (Å²) in [6.07, 6.45) is 3.98. The van der Waals surface area contributed by atoms with Gasteiger partial charge in [0, 0.05) is 33.3 Å². The number of nitrogens with zero attached hydrogens (tertiary/aromatic N) is 3. The standard InChI is InChI=1S/C17H24N4O3S/c1-13-11-18-21(12-13)10-9-17(22)19-14(2)15-5-7-16(8-6-15)25(23,24)20(3)4/h5-8,11-12,14H,9-10H2,1-4H3,(H,19,22). The number of amides is 1. The maximum absolute atomic E-state index is 12.1. The zero-order chi connectivity index (χ0) is 18.6. The number of aryl methyl sites for hydroxylation is 2. The van der Waals surface area contributed by atoms with Gasteiger partial charge in [0.1, 0.15) is 0 Å². The molecule has 0 radical (unpaired) electrons. The van der Waals surface area contributed by atoms with Crippen molar-refractivity contribution in [1.82, 2.24) is 19.4 Å². The first-order chi connectivity index (χ1) is 11.7. The molecule has 0 spiro atoms. The lowest BCUT2D eigenvalue weighted by Gasteiger charge is -2.16. The monoisotopic (exact) mass is 364 g/mol. The van der Waals surface area contributed by atoms with Crippen LogP contribution in [-0.4, -0.2) is 42.5 Å². The number of sulfonamides is 1. The molecule has 1 unspecified atom stereocenters. The highest BCUT2D eigenvalue weighted by molar-refractivity contribution is 7.89. The van der Waals surface area contributed by atoms with Gasteiger partial charge in [0.05, 0.1) is 17.1 Å². The zero-order valence-electron chi connectivity index (χ0n) is 14.9. The van der Waals surface area contributed by atoms with E-state index in [0.29, 0.717) is 13.0 Å². The second-order valence-electron chi connectivity index (χ2n) is 6.18. The van der Waals surface area contributed by atoms with Crippen LogP contribution in [0.3, 0.4) is 0 Å². The summed E-state index contributed by atoms with van der Waals surface area (Å²) >= 11 is 0. The van der Waals surface area contributed by atoms with Crippen LogP contribution in [0.2, 0.25) is 0 Å². The van der Waals surface area contributed by atoms with Gasteiger partial charge in [-0.3, -0.25) is 9.48 Å². The molecular formula is C17H24N4O3S. The van der Waals surface area contributed by atoms with Crippen LogP contribution < -0.4 is 5.32 Å². The van der Waals surface area contributed by atoms with E-state index in [1.165, 1.54) is 18.4 Å². The normalized spacial score (nSPS) is 13.0. The molecule has 1 amide bonds. The van der Waals surface area contributed by atoms with Gasteiger partial charge < -0.3 is 5.32 Å². The summed E-state index contributed by atoms with van der Waals surface area (Å²) in [6.45, 7) is 4.34. The van der Waals surface area contributed by atoms with E-state index < -0.39 is 10.0 Å². The number of aromatic nitrogens is 2. The van der Waals surface area contributed by atoms with Crippen LogP contribution in [0, 0.1) is 6.92 Å². The molecule has 0 aliphatic carbocycles. The molecule has 1 N–H and O–H groups in total. The van der Waals surface area contributed by atoms with Crippen molar-refractivity contribution in [2.24, 2.45) is 0 Å². The Labute approximate surface area is 148 Å². The van der Waals surface area contributed by atoms with Crippen molar-refractivity contribution in [3.05, 3.63) is 47.8 Å². The number of nitrogens with one attached hydrogen (secondary N) is 1. The van der Waals surface area contributed by atoms with E-state index in [1.54, 1.807) is 35.1 Å². The Morgan fingerprint density at radius 1 is 1.28 bits per heavy atom. The number of carbonyl (C=O) groups excluding carboxylic acids is 1. The topological polar surface area (TPSA) is 84.3 Å². The predicted molar refractivity (Wildman–Crippen MR) is 95.5 cm³/mol. The Morgan fingerprint density at radius 2 is 1.92 bits per heavy atom. The lowest BCUT2D eigenvalue weighted by Crippen LogP contribution is -2.27. The fraction of sp³-hybridized carbons (Fsp3) is 0.412. The highest BCUT2D eigenvalue weighted by Crippen LogP contribution is 2.18. The third-order valence-electron chi connectivity index (χ3n) is 3.87. The smallest absolute Gasteiger partial charge is 0.242 e. The highest BCUT2D eigenvalue weighted by Gasteiger charge is 2.17. The third kappa shape index (κ3) is 4.90. The van der Waals surface area contributed by atoms with Crippen molar-refractivity contribution < 1.29 is 13.2 Å². The second-order valence-corrected chi connectivity index (χ2v) is 8.33. The van der Waals surface area contributed by atoms with Gasteiger partial charge in [0.25, 0.3) is 0 Å². The Balaban J connectivity index is 1.94. The molecule has 1 aromatic carbocycles. The zero-order valence-corrected chi connectivity index (χ0v) is 15.7. The summed E-state index contributed by atoms with van der Waals surface area (Å²) in [4.78, 5) is 12.3. The number of rotatable bonds is 7. The van der Waals surface area contributed by atoms with E-state index in [0.717, 1.165) is 11.1 Å². The van der Waals surface area contributed by atoms with Crippen molar-refractivity contribution in [3.63, 3.8) is 0 Å². The van der Waals surface area contributed by atoms with Gasteiger partial charge in [-0.15, -0.1) is 0 Å². The van der Waals surface area contributed by atoms with Crippen molar-refractivity contribution in [2.75, 3.05) is 14.1 Å². The van der Waals surface area contributed by atoms with Crippen molar-refractivity contribution in [2.45, 2.75) is 37.8 Å². The van der Waals surface area contributed by atoms with Crippen molar-refractivity contribution >= 4 is 15.9 Å². The van der Waals surface area contributed by atoms with E-state index in [1.807, 2.05) is 20.0 Å². The average Bonchev–Trinajstić information content (AvgIpc) is 2.98. The second kappa shape index (κ2) is 7.79.